The third-order valence-corrected chi connectivity index (χ3v) is 4.26. The van der Waals surface area contributed by atoms with Crippen LogP contribution in [-0.2, 0) is 9.59 Å². The van der Waals surface area contributed by atoms with E-state index in [0.29, 0.717) is 22.9 Å². The predicted octanol–water partition coefficient (Wildman–Crippen LogP) is 2.31. The van der Waals surface area contributed by atoms with Crippen LogP contribution in [0.2, 0.25) is 0 Å². The molecular formula is C20H19N3O6. The number of benzene rings is 2. The van der Waals surface area contributed by atoms with Crippen LogP contribution in [0.15, 0.2) is 47.5 Å². The van der Waals surface area contributed by atoms with Crippen molar-refractivity contribution in [2.24, 2.45) is 10.9 Å². The van der Waals surface area contributed by atoms with Gasteiger partial charge < -0.3 is 14.2 Å². The zero-order valence-electron chi connectivity index (χ0n) is 16.0. The Labute approximate surface area is 166 Å². The second-order valence-electron chi connectivity index (χ2n) is 5.96. The lowest BCUT2D eigenvalue weighted by atomic mass is 10.1. The third-order valence-electron chi connectivity index (χ3n) is 4.26. The van der Waals surface area contributed by atoms with Crippen LogP contribution in [0.4, 0.5) is 16.2 Å². The van der Waals surface area contributed by atoms with Crippen molar-refractivity contribution in [3.05, 3.63) is 42.5 Å². The van der Waals surface area contributed by atoms with Crippen LogP contribution in [0.1, 0.15) is 0 Å². The normalized spacial score (nSPS) is 16.7. The molecule has 0 spiro atoms. The molecule has 1 N–H and O–H groups in total. The Bertz CT molecular complexity index is 988. The maximum atomic E-state index is 12.9. The SMILES string of the molecule is COc1cccc(N2C(=O)NC(=O)[C@@H](C=Nc3cc(OC)ccc3OC)C2=O)c1. The smallest absolute Gasteiger partial charge is 0.335 e. The molecule has 1 atom stereocenters. The molecule has 9 nitrogen and oxygen atoms in total. The highest BCUT2D eigenvalue weighted by Crippen LogP contribution is 2.32. The van der Waals surface area contributed by atoms with Crippen LogP contribution < -0.4 is 24.4 Å². The average molecular weight is 397 g/mol. The Morgan fingerprint density at radius 1 is 0.966 bits per heavy atom. The minimum absolute atomic E-state index is 0.275. The maximum absolute atomic E-state index is 12.9. The van der Waals surface area contributed by atoms with E-state index >= 15 is 0 Å². The van der Waals surface area contributed by atoms with Crippen molar-refractivity contribution in [2.75, 3.05) is 26.2 Å². The molecule has 29 heavy (non-hydrogen) atoms. The summed E-state index contributed by atoms with van der Waals surface area (Å²) >= 11 is 0. The predicted molar refractivity (Wildman–Crippen MR) is 105 cm³/mol. The number of amides is 4. The van der Waals surface area contributed by atoms with Gasteiger partial charge >= 0.3 is 6.03 Å². The fraction of sp³-hybridized carbons (Fsp3) is 0.200. The molecule has 0 aromatic heterocycles. The van der Waals surface area contributed by atoms with Gasteiger partial charge in [-0.15, -0.1) is 0 Å². The number of carbonyl (C=O) groups excluding carboxylic acids is 3. The Kier molecular flexibility index (Phi) is 5.77. The number of hydrogen-bond donors (Lipinski definition) is 1. The van der Waals surface area contributed by atoms with Gasteiger partial charge in [0.05, 0.1) is 27.0 Å². The van der Waals surface area contributed by atoms with Crippen LogP contribution in [-0.4, -0.2) is 45.4 Å². The molecule has 4 amide bonds. The van der Waals surface area contributed by atoms with E-state index in [1.165, 1.54) is 33.6 Å². The summed E-state index contributed by atoms with van der Waals surface area (Å²) in [7, 11) is 4.45. The fourth-order valence-corrected chi connectivity index (χ4v) is 2.77. The summed E-state index contributed by atoms with van der Waals surface area (Å²) in [5.74, 6) is -1.35. The lowest BCUT2D eigenvalue weighted by Gasteiger charge is -2.28. The van der Waals surface area contributed by atoms with Crippen LogP contribution in [0.25, 0.3) is 0 Å². The Morgan fingerprint density at radius 3 is 2.38 bits per heavy atom. The number of ether oxygens (including phenoxy) is 3. The summed E-state index contributed by atoms with van der Waals surface area (Å²) in [5.41, 5.74) is 0.647. The number of rotatable bonds is 6. The first-order chi connectivity index (χ1) is 14.0. The van der Waals surface area contributed by atoms with E-state index in [-0.39, 0.29) is 5.69 Å². The highest BCUT2D eigenvalue weighted by atomic mass is 16.5. The summed E-state index contributed by atoms with van der Waals surface area (Å²) in [6.45, 7) is 0. The number of nitrogens with one attached hydrogen (secondary N) is 1. The molecule has 0 unspecified atom stereocenters. The molecule has 0 bridgehead atoms. The summed E-state index contributed by atoms with van der Waals surface area (Å²) in [6.07, 6.45) is 1.18. The van der Waals surface area contributed by atoms with Crippen molar-refractivity contribution in [2.45, 2.75) is 0 Å². The molecule has 1 saturated heterocycles. The number of hydrogen-bond acceptors (Lipinski definition) is 7. The van der Waals surface area contributed by atoms with Crippen LogP contribution in [0, 0.1) is 5.92 Å². The number of urea groups is 1. The first kappa shape index (κ1) is 19.9. The Balaban J connectivity index is 1.93. The number of carbonyl (C=O) groups is 3. The summed E-state index contributed by atoms with van der Waals surface area (Å²) < 4.78 is 15.5. The van der Waals surface area contributed by atoms with E-state index < -0.39 is 23.8 Å². The van der Waals surface area contributed by atoms with Gasteiger partial charge in [0.25, 0.3) is 5.91 Å². The van der Waals surface area contributed by atoms with Gasteiger partial charge in [-0.25, -0.2) is 9.69 Å². The molecule has 1 aliphatic rings. The number of methoxy groups -OCH3 is 3. The van der Waals surface area contributed by atoms with Gasteiger partial charge in [0, 0.05) is 18.3 Å². The number of anilines is 1. The van der Waals surface area contributed by atoms with Gasteiger partial charge in [-0.05, 0) is 24.3 Å². The van der Waals surface area contributed by atoms with Gasteiger partial charge in [0.15, 0.2) is 5.92 Å². The molecule has 150 valence electrons. The largest absolute Gasteiger partial charge is 0.497 e. The van der Waals surface area contributed by atoms with Crippen molar-refractivity contribution in [3.8, 4) is 17.2 Å². The van der Waals surface area contributed by atoms with Crippen LogP contribution in [0.3, 0.4) is 0 Å². The average Bonchev–Trinajstić information content (AvgIpc) is 2.73. The number of imide groups is 2. The molecular weight excluding hydrogens is 378 g/mol. The molecule has 1 aliphatic heterocycles. The van der Waals surface area contributed by atoms with Crippen molar-refractivity contribution in [1.82, 2.24) is 5.32 Å². The monoisotopic (exact) mass is 397 g/mol. The zero-order valence-corrected chi connectivity index (χ0v) is 16.0. The second-order valence-corrected chi connectivity index (χ2v) is 5.96. The van der Waals surface area contributed by atoms with Crippen molar-refractivity contribution >= 4 is 35.4 Å². The lowest BCUT2D eigenvalue weighted by molar-refractivity contribution is -0.131. The molecule has 0 radical (unpaired) electrons. The summed E-state index contributed by atoms with van der Waals surface area (Å²) in [5, 5.41) is 2.17. The van der Waals surface area contributed by atoms with Gasteiger partial charge in [0.2, 0.25) is 5.91 Å². The number of barbiturate groups is 1. The molecule has 9 heteroatoms. The molecule has 3 rings (SSSR count). The number of aliphatic imine (C=N–C) groups is 1. The van der Waals surface area contributed by atoms with Gasteiger partial charge in [-0.1, -0.05) is 6.07 Å². The molecule has 2 aromatic carbocycles. The molecule has 1 heterocycles. The lowest BCUT2D eigenvalue weighted by Crippen LogP contribution is -2.58. The van der Waals surface area contributed by atoms with Gasteiger partial charge in [0.1, 0.15) is 22.9 Å². The third kappa shape index (κ3) is 4.03. The first-order valence-electron chi connectivity index (χ1n) is 8.57. The van der Waals surface area contributed by atoms with E-state index in [2.05, 4.69) is 10.3 Å². The highest BCUT2D eigenvalue weighted by Gasteiger charge is 2.40. The topological polar surface area (TPSA) is 107 Å². The summed E-state index contributed by atoms with van der Waals surface area (Å²) in [6, 6.07) is 10.5. The van der Waals surface area contributed by atoms with E-state index in [1.54, 1.807) is 36.4 Å². The Morgan fingerprint density at radius 2 is 1.69 bits per heavy atom. The first-order valence-corrected chi connectivity index (χ1v) is 8.57. The minimum atomic E-state index is -1.30. The van der Waals surface area contributed by atoms with Gasteiger partial charge in [-0.2, -0.15) is 0 Å². The van der Waals surface area contributed by atoms with E-state index in [1.807, 2.05) is 0 Å². The maximum Gasteiger partial charge on any atom is 0.335 e. The van der Waals surface area contributed by atoms with Gasteiger partial charge in [-0.3, -0.25) is 19.9 Å². The second kappa shape index (κ2) is 8.42. The number of nitrogens with zero attached hydrogens (tertiary/aromatic N) is 2. The van der Waals surface area contributed by atoms with E-state index in [9.17, 15) is 14.4 Å². The molecule has 1 fully saturated rings. The molecule has 0 aliphatic carbocycles. The Hall–Kier alpha value is -3.88. The van der Waals surface area contributed by atoms with E-state index in [0.717, 1.165) is 4.90 Å². The van der Waals surface area contributed by atoms with Crippen molar-refractivity contribution in [1.29, 1.82) is 0 Å². The molecule has 2 aromatic rings. The molecule has 0 saturated carbocycles. The fourth-order valence-electron chi connectivity index (χ4n) is 2.77. The zero-order chi connectivity index (χ0) is 21.0. The van der Waals surface area contributed by atoms with E-state index in [4.69, 9.17) is 14.2 Å². The summed E-state index contributed by atoms with van der Waals surface area (Å²) in [4.78, 5) is 42.5. The van der Waals surface area contributed by atoms with Crippen LogP contribution >= 0.6 is 0 Å². The van der Waals surface area contributed by atoms with Crippen molar-refractivity contribution in [3.63, 3.8) is 0 Å². The quantitative estimate of drug-likeness (QED) is 0.592. The standard InChI is InChI=1S/C20H19N3O6/c1-27-13-6-4-5-12(9-13)23-19(25)15(18(24)22-20(23)26)11-21-16-10-14(28-2)7-8-17(16)29-3/h4-11,15H,1-3H3,(H,22,24,26)/t15-/m1/s1. The highest BCUT2D eigenvalue weighted by molar-refractivity contribution is 6.32. The van der Waals surface area contributed by atoms with Crippen LogP contribution in [0.5, 0.6) is 17.2 Å². The minimum Gasteiger partial charge on any atom is -0.497 e. The van der Waals surface area contributed by atoms with Crippen molar-refractivity contribution < 1.29 is 28.6 Å².